The molecule has 2 fully saturated rings. The molecule has 0 spiro atoms. The standard InChI is InChI=1S/C35H37ClF4N4O5/c1-33(2,3)49-31(46)19-9-11-22(26(37)15-19)29-23-12-10-20(42(4)32(47)43-17-21(18-43)48-5)16-27(23)44(41-29)30(45)28-24(7-6-8-25(28)36)34(13-14-34)35(38,39)40/h6-9,11,15,20-21H,10,12-14,16-18H2,1-5H3. The fourth-order valence-corrected chi connectivity index (χ4v) is 6.93. The van der Waals surface area contributed by atoms with Crippen LogP contribution in [0.15, 0.2) is 36.4 Å². The SMILES string of the molecule is COC1CN(C(=O)N(C)C2CCc3c(-c4ccc(C(=O)OC(C)(C)C)cc4F)nn(C(=O)c4c(Cl)cccc4C4(C(F)(F)F)CC4)c3C2)C1. The average Bonchev–Trinajstić information content (AvgIpc) is 3.75. The van der Waals surface area contributed by atoms with Crippen LogP contribution in [0.5, 0.6) is 0 Å². The van der Waals surface area contributed by atoms with Gasteiger partial charge in [-0.15, -0.1) is 0 Å². The molecule has 9 nitrogen and oxygen atoms in total. The third-order valence-corrected chi connectivity index (χ3v) is 9.95. The summed E-state index contributed by atoms with van der Waals surface area (Å²) < 4.78 is 70.5. The van der Waals surface area contributed by atoms with Gasteiger partial charge in [-0.05, 0) is 76.3 Å². The maximum atomic E-state index is 15.8. The van der Waals surface area contributed by atoms with Crippen LogP contribution in [-0.2, 0) is 27.7 Å². The number of hydrogen-bond acceptors (Lipinski definition) is 6. The number of urea groups is 1. The summed E-state index contributed by atoms with van der Waals surface area (Å²) in [4.78, 5) is 43.5. The Hall–Kier alpha value is -3.97. The lowest BCUT2D eigenvalue weighted by molar-refractivity contribution is -0.160. The Balaban J connectivity index is 1.42. The van der Waals surface area contributed by atoms with E-state index in [1.807, 2.05) is 0 Å². The molecule has 1 aromatic heterocycles. The van der Waals surface area contributed by atoms with Gasteiger partial charge in [0, 0.05) is 37.7 Å². The largest absolute Gasteiger partial charge is 0.456 e. The second-order valence-corrected chi connectivity index (χ2v) is 14.4. The fraction of sp³-hybridized carbons (Fsp3) is 0.486. The van der Waals surface area contributed by atoms with Crippen molar-refractivity contribution in [3.05, 3.63) is 75.2 Å². The predicted octanol–water partition coefficient (Wildman–Crippen LogP) is 6.82. The molecule has 49 heavy (non-hydrogen) atoms. The van der Waals surface area contributed by atoms with E-state index in [9.17, 15) is 27.6 Å². The molecule has 0 N–H and O–H groups in total. The smallest absolute Gasteiger partial charge is 0.398 e. The molecular formula is C35H37ClF4N4O5. The van der Waals surface area contributed by atoms with Gasteiger partial charge in [-0.25, -0.2) is 14.0 Å². The van der Waals surface area contributed by atoms with Crippen molar-refractivity contribution in [1.29, 1.82) is 0 Å². The lowest BCUT2D eigenvalue weighted by Gasteiger charge is -2.42. The number of aromatic nitrogens is 2. The molecule has 1 aliphatic heterocycles. The van der Waals surface area contributed by atoms with Crippen molar-refractivity contribution in [2.75, 3.05) is 27.2 Å². The number of halogens is 5. The van der Waals surface area contributed by atoms with Gasteiger partial charge in [0.25, 0.3) is 5.91 Å². The van der Waals surface area contributed by atoms with Gasteiger partial charge in [0.15, 0.2) is 0 Å². The number of rotatable bonds is 6. The lowest BCUT2D eigenvalue weighted by atomic mass is 9.88. The lowest BCUT2D eigenvalue weighted by Crippen LogP contribution is -2.59. The normalized spacial score (nSPS) is 18.8. The summed E-state index contributed by atoms with van der Waals surface area (Å²) in [6.07, 6.45) is -4.18. The highest BCUT2D eigenvalue weighted by molar-refractivity contribution is 6.34. The summed E-state index contributed by atoms with van der Waals surface area (Å²) in [6.45, 7) is 5.94. The highest BCUT2D eigenvalue weighted by Crippen LogP contribution is 2.60. The predicted molar refractivity (Wildman–Crippen MR) is 172 cm³/mol. The Morgan fingerprint density at radius 2 is 1.78 bits per heavy atom. The first kappa shape index (κ1) is 34.9. The fourth-order valence-electron chi connectivity index (χ4n) is 6.68. The monoisotopic (exact) mass is 704 g/mol. The molecule has 2 aromatic carbocycles. The van der Waals surface area contributed by atoms with E-state index in [-0.39, 0.29) is 70.8 Å². The molecule has 1 atom stereocenters. The van der Waals surface area contributed by atoms with Crippen molar-refractivity contribution >= 4 is 29.5 Å². The Morgan fingerprint density at radius 1 is 1.08 bits per heavy atom. The van der Waals surface area contributed by atoms with E-state index in [4.69, 9.17) is 21.1 Å². The van der Waals surface area contributed by atoms with E-state index >= 15 is 4.39 Å². The molecule has 262 valence electrons. The second-order valence-electron chi connectivity index (χ2n) is 14.0. The molecule has 3 aliphatic rings. The molecule has 14 heteroatoms. The molecule has 2 amide bonds. The van der Waals surface area contributed by atoms with Gasteiger partial charge in [0.2, 0.25) is 0 Å². The van der Waals surface area contributed by atoms with Crippen LogP contribution >= 0.6 is 11.6 Å². The first-order valence-electron chi connectivity index (χ1n) is 16.0. The number of ether oxygens (including phenoxy) is 2. The molecule has 1 unspecified atom stereocenters. The number of fused-ring (bicyclic) bond motifs is 1. The van der Waals surface area contributed by atoms with Crippen LogP contribution in [0.2, 0.25) is 5.02 Å². The van der Waals surface area contributed by atoms with E-state index in [1.54, 1.807) is 44.7 Å². The maximum absolute atomic E-state index is 15.8. The average molecular weight is 705 g/mol. The summed E-state index contributed by atoms with van der Waals surface area (Å²) in [6, 6.07) is 7.17. The van der Waals surface area contributed by atoms with Crippen LogP contribution in [0.25, 0.3) is 11.3 Å². The third kappa shape index (κ3) is 6.31. The zero-order chi connectivity index (χ0) is 35.6. The van der Waals surface area contributed by atoms with Crippen LogP contribution < -0.4 is 0 Å². The number of likely N-dealkylation sites (tertiary alicyclic amines) is 1. The first-order chi connectivity index (χ1) is 23.0. The Labute approximate surface area is 286 Å². The molecule has 1 saturated heterocycles. The number of esters is 1. The van der Waals surface area contributed by atoms with Gasteiger partial charge >= 0.3 is 18.2 Å². The zero-order valence-electron chi connectivity index (χ0n) is 27.8. The summed E-state index contributed by atoms with van der Waals surface area (Å²) in [7, 11) is 3.23. The third-order valence-electron chi connectivity index (χ3n) is 9.63. The molecule has 1 saturated carbocycles. The molecule has 0 bridgehead atoms. The minimum absolute atomic E-state index is 0.00230. The second kappa shape index (κ2) is 12.4. The van der Waals surface area contributed by atoms with Crippen LogP contribution in [0.3, 0.4) is 0 Å². The first-order valence-corrected chi connectivity index (χ1v) is 16.4. The zero-order valence-corrected chi connectivity index (χ0v) is 28.5. The number of alkyl halides is 3. The van der Waals surface area contributed by atoms with Gasteiger partial charge < -0.3 is 19.3 Å². The highest BCUT2D eigenvalue weighted by atomic mass is 35.5. The van der Waals surface area contributed by atoms with Crippen LogP contribution in [-0.4, -0.2) is 88.7 Å². The number of carbonyl (C=O) groups is 3. The van der Waals surface area contributed by atoms with Crippen molar-refractivity contribution in [2.45, 2.75) is 82.2 Å². The van der Waals surface area contributed by atoms with Crippen molar-refractivity contribution < 1.29 is 41.4 Å². The van der Waals surface area contributed by atoms with Gasteiger partial charge in [0.1, 0.15) is 11.4 Å². The van der Waals surface area contributed by atoms with Crippen molar-refractivity contribution in [3.63, 3.8) is 0 Å². The number of benzene rings is 2. The minimum atomic E-state index is -4.62. The molecule has 2 heterocycles. The van der Waals surface area contributed by atoms with E-state index < -0.39 is 40.9 Å². The Kier molecular flexibility index (Phi) is 8.84. The number of nitrogens with zero attached hydrogens (tertiary/aromatic N) is 4. The Morgan fingerprint density at radius 3 is 2.37 bits per heavy atom. The Bertz CT molecular complexity index is 1830. The summed E-state index contributed by atoms with van der Waals surface area (Å²) in [5.41, 5.74) is -2.64. The van der Waals surface area contributed by atoms with Crippen LogP contribution in [0.1, 0.15) is 77.6 Å². The number of likely N-dealkylation sites (N-methyl/N-ethyl adjacent to an activating group) is 1. The van der Waals surface area contributed by atoms with E-state index in [0.717, 1.165) is 10.7 Å². The number of hydrogen-bond donors (Lipinski definition) is 0. The van der Waals surface area contributed by atoms with E-state index in [0.29, 0.717) is 30.8 Å². The van der Waals surface area contributed by atoms with E-state index in [1.165, 1.54) is 30.3 Å². The van der Waals surface area contributed by atoms with Crippen LogP contribution in [0, 0.1) is 5.82 Å². The summed E-state index contributed by atoms with van der Waals surface area (Å²) >= 11 is 6.48. The molecule has 3 aromatic rings. The molecule has 0 radical (unpaired) electrons. The number of amides is 2. The molecule has 2 aliphatic carbocycles. The summed E-state index contributed by atoms with van der Waals surface area (Å²) in [5.74, 6) is -2.40. The topological polar surface area (TPSA) is 94.0 Å². The minimum Gasteiger partial charge on any atom is -0.456 e. The number of methoxy groups -OCH3 is 1. The summed E-state index contributed by atoms with van der Waals surface area (Å²) in [5, 5.41) is 4.38. The van der Waals surface area contributed by atoms with E-state index in [2.05, 4.69) is 5.10 Å². The van der Waals surface area contributed by atoms with Gasteiger partial charge in [-0.1, -0.05) is 23.7 Å². The number of carbonyl (C=O) groups excluding carboxylic acids is 3. The van der Waals surface area contributed by atoms with Crippen molar-refractivity contribution in [3.8, 4) is 11.3 Å². The highest BCUT2D eigenvalue weighted by Gasteiger charge is 2.65. The van der Waals surface area contributed by atoms with Crippen molar-refractivity contribution in [2.24, 2.45) is 0 Å². The van der Waals surface area contributed by atoms with Gasteiger partial charge in [0.05, 0.1) is 52.1 Å². The van der Waals surface area contributed by atoms with Gasteiger partial charge in [-0.2, -0.15) is 23.0 Å². The molecule has 6 rings (SSSR count). The van der Waals surface area contributed by atoms with Crippen LogP contribution in [0.4, 0.5) is 22.4 Å². The maximum Gasteiger partial charge on any atom is 0.398 e. The van der Waals surface area contributed by atoms with Crippen molar-refractivity contribution in [1.82, 2.24) is 19.6 Å². The molecular weight excluding hydrogens is 668 g/mol. The van der Waals surface area contributed by atoms with Gasteiger partial charge in [-0.3, -0.25) is 4.79 Å². The quantitative estimate of drug-likeness (QED) is 0.207.